The summed E-state index contributed by atoms with van der Waals surface area (Å²) in [7, 11) is 2.95. The number of nitrogens with one attached hydrogen (secondary N) is 2. The molecule has 1 rings (SSSR count). The van der Waals surface area contributed by atoms with Gasteiger partial charge in [-0.15, -0.1) is 0 Å². The second kappa shape index (κ2) is 6.30. The standard InChI is InChI=1S/C12H16F2N2O2/c1-7(6-15-2)12(17)16-10-4-9(14)11(18-3)5-8(10)13/h4-5,7,15H,6H2,1-3H3,(H,16,17). The lowest BCUT2D eigenvalue weighted by Crippen LogP contribution is -2.29. The minimum atomic E-state index is -0.738. The lowest BCUT2D eigenvalue weighted by molar-refractivity contribution is -0.119. The van der Waals surface area contributed by atoms with E-state index < -0.39 is 11.6 Å². The van der Waals surface area contributed by atoms with Gasteiger partial charge in [0.2, 0.25) is 5.91 Å². The zero-order valence-corrected chi connectivity index (χ0v) is 10.5. The summed E-state index contributed by atoms with van der Waals surface area (Å²) in [6, 6.07) is 1.80. The summed E-state index contributed by atoms with van der Waals surface area (Å²) in [4.78, 5) is 11.6. The number of amides is 1. The molecule has 0 radical (unpaired) electrons. The molecule has 0 saturated carbocycles. The average Bonchev–Trinajstić information content (AvgIpc) is 2.33. The highest BCUT2D eigenvalue weighted by molar-refractivity contribution is 5.92. The van der Waals surface area contributed by atoms with Crippen molar-refractivity contribution in [1.82, 2.24) is 5.32 Å². The molecule has 0 aliphatic carbocycles. The molecule has 1 aromatic carbocycles. The SMILES string of the molecule is CNCC(C)C(=O)Nc1cc(F)c(OC)cc1F. The van der Waals surface area contributed by atoms with E-state index in [0.29, 0.717) is 6.54 Å². The zero-order chi connectivity index (χ0) is 13.7. The first-order valence-electron chi connectivity index (χ1n) is 5.48. The predicted octanol–water partition coefficient (Wildman–Crippen LogP) is 1.77. The lowest BCUT2D eigenvalue weighted by Gasteiger charge is -2.13. The van der Waals surface area contributed by atoms with Gasteiger partial charge in [0.05, 0.1) is 12.8 Å². The van der Waals surface area contributed by atoms with Gasteiger partial charge in [-0.05, 0) is 7.05 Å². The van der Waals surface area contributed by atoms with E-state index in [1.165, 1.54) is 7.11 Å². The van der Waals surface area contributed by atoms with Gasteiger partial charge in [-0.1, -0.05) is 6.92 Å². The highest BCUT2D eigenvalue weighted by Crippen LogP contribution is 2.24. The van der Waals surface area contributed by atoms with Gasteiger partial charge < -0.3 is 15.4 Å². The Morgan fingerprint density at radius 2 is 2.06 bits per heavy atom. The normalized spacial score (nSPS) is 12.1. The molecule has 100 valence electrons. The maximum Gasteiger partial charge on any atom is 0.228 e. The van der Waals surface area contributed by atoms with Crippen LogP contribution in [0, 0.1) is 17.6 Å². The van der Waals surface area contributed by atoms with Crippen LogP contribution in [-0.2, 0) is 4.79 Å². The van der Waals surface area contributed by atoms with Crippen LogP contribution in [-0.4, -0.2) is 26.6 Å². The Bertz CT molecular complexity index is 438. The van der Waals surface area contributed by atoms with Crippen molar-refractivity contribution in [3.05, 3.63) is 23.8 Å². The Morgan fingerprint density at radius 1 is 1.39 bits per heavy atom. The third-order valence-electron chi connectivity index (χ3n) is 2.46. The van der Waals surface area contributed by atoms with Crippen LogP contribution in [0.5, 0.6) is 5.75 Å². The third kappa shape index (κ3) is 3.40. The monoisotopic (exact) mass is 258 g/mol. The minimum Gasteiger partial charge on any atom is -0.494 e. The van der Waals surface area contributed by atoms with E-state index in [9.17, 15) is 13.6 Å². The van der Waals surface area contributed by atoms with Crippen LogP contribution in [0.1, 0.15) is 6.92 Å². The van der Waals surface area contributed by atoms with Crippen molar-refractivity contribution < 1.29 is 18.3 Å². The number of carbonyl (C=O) groups excluding carboxylic acids is 1. The van der Waals surface area contributed by atoms with E-state index in [-0.39, 0.29) is 23.3 Å². The first kappa shape index (κ1) is 14.4. The molecule has 0 aliphatic heterocycles. The predicted molar refractivity (Wildman–Crippen MR) is 64.6 cm³/mol. The van der Waals surface area contributed by atoms with Gasteiger partial charge in [0, 0.05) is 24.6 Å². The summed E-state index contributed by atoms with van der Waals surface area (Å²) in [5.74, 6) is -2.39. The van der Waals surface area contributed by atoms with E-state index in [4.69, 9.17) is 0 Å². The molecule has 0 saturated heterocycles. The van der Waals surface area contributed by atoms with E-state index in [0.717, 1.165) is 12.1 Å². The number of halogens is 2. The molecule has 0 bridgehead atoms. The lowest BCUT2D eigenvalue weighted by atomic mass is 10.1. The molecule has 6 heteroatoms. The van der Waals surface area contributed by atoms with Gasteiger partial charge in [0.25, 0.3) is 0 Å². The molecule has 18 heavy (non-hydrogen) atoms. The summed E-state index contributed by atoms with van der Waals surface area (Å²) in [5.41, 5.74) is -0.193. The topological polar surface area (TPSA) is 50.4 Å². The maximum atomic E-state index is 13.5. The van der Waals surface area contributed by atoms with Crippen molar-refractivity contribution in [3.8, 4) is 5.75 Å². The summed E-state index contributed by atoms with van der Waals surface area (Å²) in [5, 5.41) is 5.17. The van der Waals surface area contributed by atoms with Crippen molar-refractivity contribution in [3.63, 3.8) is 0 Å². The van der Waals surface area contributed by atoms with Crippen molar-refractivity contribution in [1.29, 1.82) is 0 Å². The minimum absolute atomic E-state index is 0.193. The van der Waals surface area contributed by atoms with Gasteiger partial charge in [-0.25, -0.2) is 8.78 Å². The second-order valence-electron chi connectivity index (χ2n) is 3.91. The molecule has 0 fully saturated rings. The number of hydrogen-bond acceptors (Lipinski definition) is 3. The number of anilines is 1. The maximum absolute atomic E-state index is 13.5. The molecule has 0 spiro atoms. The van der Waals surface area contributed by atoms with Crippen molar-refractivity contribution in [2.45, 2.75) is 6.92 Å². The summed E-state index contributed by atoms with van der Waals surface area (Å²) >= 11 is 0. The smallest absolute Gasteiger partial charge is 0.228 e. The van der Waals surface area contributed by atoms with Crippen LogP contribution in [0.4, 0.5) is 14.5 Å². The van der Waals surface area contributed by atoms with Crippen LogP contribution >= 0.6 is 0 Å². The number of hydrogen-bond donors (Lipinski definition) is 2. The van der Waals surface area contributed by atoms with Crippen LogP contribution < -0.4 is 15.4 Å². The van der Waals surface area contributed by atoms with Crippen molar-refractivity contribution >= 4 is 11.6 Å². The first-order valence-corrected chi connectivity index (χ1v) is 5.48. The largest absolute Gasteiger partial charge is 0.494 e. The van der Waals surface area contributed by atoms with Gasteiger partial charge >= 0.3 is 0 Å². The summed E-state index contributed by atoms with van der Waals surface area (Å²) < 4.78 is 31.6. The van der Waals surface area contributed by atoms with E-state index in [2.05, 4.69) is 15.4 Å². The Hall–Kier alpha value is -1.69. The average molecular weight is 258 g/mol. The highest BCUT2D eigenvalue weighted by Gasteiger charge is 2.16. The van der Waals surface area contributed by atoms with Gasteiger partial charge in [0.1, 0.15) is 0 Å². The van der Waals surface area contributed by atoms with Crippen molar-refractivity contribution in [2.75, 3.05) is 26.0 Å². The molecule has 2 N–H and O–H groups in total. The Labute approximate surface area is 104 Å². The number of ether oxygens (including phenoxy) is 1. The van der Waals surface area contributed by atoms with Crippen LogP contribution in [0.25, 0.3) is 0 Å². The Balaban J connectivity index is 2.85. The number of methoxy groups -OCH3 is 1. The van der Waals surface area contributed by atoms with E-state index in [1.54, 1.807) is 14.0 Å². The highest BCUT2D eigenvalue weighted by atomic mass is 19.1. The summed E-state index contributed by atoms with van der Waals surface area (Å²) in [6.07, 6.45) is 0. The molecule has 1 amide bonds. The second-order valence-corrected chi connectivity index (χ2v) is 3.91. The fraction of sp³-hybridized carbons (Fsp3) is 0.417. The molecule has 4 nitrogen and oxygen atoms in total. The van der Waals surface area contributed by atoms with Crippen LogP contribution in [0.15, 0.2) is 12.1 Å². The quantitative estimate of drug-likeness (QED) is 0.846. The molecular formula is C12H16F2N2O2. The Kier molecular flexibility index (Phi) is 5.03. The first-order chi connectivity index (χ1) is 8.49. The van der Waals surface area contributed by atoms with Crippen LogP contribution in [0.3, 0.4) is 0 Å². The summed E-state index contributed by atoms with van der Waals surface area (Å²) in [6.45, 7) is 2.13. The molecule has 0 aromatic heterocycles. The molecule has 0 heterocycles. The Morgan fingerprint density at radius 3 is 2.61 bits per heavy atom. The zero-order valence-electron chi connectivity index (χ0n) is 10.5. The van der Waals surface area contributed by atoms with Crippen molar-refractivity contribution in [2.24, 2.45) is 5.92 Å². The molecule has 1 atom stereocenters. The fourth-order valence-electron chi connectivity index (χ4n) is 1.44. The van der Waals surface area contributed by atoms with E-state index in [1.807, 2.05) is 0 Å². The number of carbonyl (C=O) groups is 1. The fourth-order valence-corrected chi connectivity index (χ4v) is 1.44. The molecule has 1 aromatic rings. The molecule has 1 unspecified atom stereocenters. The van der Waals surface area contributed by atoms with Gasteiger partial charge in [-0.3, -0.25) is 4.79 Å². The van der Waals surface area contributed by atoms with Gasteiger partial charge in [0.15, 0.2) is 17.4 Å². The van der Waals surface area contributed by atoms with E-state index >= 15 is 0 Å². The molecular weight excluding hydrogens is 242 g/mol. The van der Waals surface area contributed by atoms with Crippen LogP contribution in [0.2, 0.25) is 0 Å². The number of benzene rings is 1. The molecule has 0 aliphatic rings. The van der Waals surface area contributed by atoms with Gasteiger partial charge in [-0.2, -0.15) is 0 Å². The number of rotatable bonds is 5. The third-order valence-corrected chi connectivity index (χ3v) is 2.46.